The fourth-order valence-electron chi connectivity index (χ4n) is 20.0. The minimum atomic E-state index is -0.213. The van der Waals surface area contributed by atoms with E-state index in [-0.39, 0.29) is 5.41 Å². The Kier molecular flexibility index (Phi) is 18.1. The molecule has 604 valence electrons. The normalized spacial score (nSPS) is 12.2. The van der Waals surface area contributed by atoms with E-state index in [1.165, 1.54) is 60.5 Å². The molecule has 24 aromatic rings. The van der Waals surface area contributed by atoms with Crippen molar-refractivity contribution in [2.75, 3.05) is 19.6 Å². The molecule has 7 nitrogen and oxygen atoms in total. The van der Waals surface area contributed by atoms with Crippen molar-refractivity contribution < 1.29 is 13.3 Å². The van der Waals surface area contributed by atoms with Crippen molar-refractivity contribution in [3.05, 3.63) is 472 Å². The molecule has 0 saturated heterocycles. The summed E-state index contributed by atoms with van der Waals surface area (Å²) in [5, 5.41) is 16.0. The number of anilines is 12. The number of hydrogen-bond acceptors (Lipinski definition) is 7. The summed E-state index contributed by atoms with van der Waals surface area (Å²) in [5.74, 6) is 0. The topological polar surface area (TPSA) is 52.4 Å². The third-order valence-electron chi connectivity index (χ3n) is 26.0. The summed E-state index contributed by atoms with van der Waals surface area (Å²) in [7, 11) is 0. The first-order valence-corrected chi connectivity index (χ1v) is 43.8. The average molecular weight is 1640 g/mol. The molecular formula is C121H82N4O3. The first kappa shape index (κ1) is 75.0. The van der Waals surface area contributed by atoms with Gasteiger partial charge in [0.05, 0.1) is 5.69 Å². The lowest BCUT2D eigenvalue weighted by Crippen LogP contribution is -2.16. The van der Waals surface area contributed by atoms with Crippen LogP contribution in [0.15, 0.2) is 474 Å². The van der Waals surface area contributed by atoms with Crippen LogP contribution in [0, 0.1) is 0 Å². The quantitative estimate of drug-likeness (QED) is 0.0948. The summed E-state index contributed by atoms with van der Waals surface area (Å²) in [6, 6.07) is 165. The van der Waals surface area contributed by atoms with E-state index in [0.717, 1.165) is 172 Å². The molecule has 0 atom stereocenters. The number of benzene rings is 21. The van der Waals surface area contributed by atoms with Crippen LogP contribution in [-0.4, -0.2) is 0 Å². The van der Waals surface area contributed by atoms with Gasteiger partial charge in [0.25, 0.3) is 0 Å². The maximum Gasteiger partial charge on any atom is 0.143 e. The van der Waals surface area contributed by atoms with Gasteiger partial charge in [0.2, 0.25) is 0 Å². The number of nitrogens with zero attached hydrogens (tertiary/aromatic N) is 4. The standard InChI is InChI=1S/C65H46N2O.C56H36N2O2/c1-65(2)59-39-44(31-35-53(59)54-37-33-50(42-60(54)65)66(46-21-9-4-10-22-46)47-23-11-5-12-24-47)45-32-36-57-62(40-45)68-64-56-38-34-49(41-58(56)52-28-15-16-29-55(52)63(57)64)67(48-25-13-6-14-26-48)61-30-18-17-27-51(61)43-19-7-3-8-20-43;1-5-15-39(16-6-1)57(40-17-7-2-8-18-40)43-27-31-47-46-29-25-38(34-52(46)59-53(47)35-43)37-26-30-49-51(33-37)45-23-13-14-24-48(45)55-50-32-28-44(36-54(50)60-56(49)55)58(41-19-9-3-10-20-41)42-21-11-4-12-22-42/h3-42H,1-2H3;1-36H. The molecule has 0 radical (unpaired) electrons. The summed E-state index contributed by atoms with van der Waals surface area (Å²) in [6.07, 6.45) is 0. The van der Waals surface area contributed by atoms with Gasteiger partial charge in [0.15, 0.2) is 0 Å². The van der Waals surface area contributed by atoms with E-state index >= 15 is 0 Å². The molecule has 0 saturated carbocycles. The number of fused-ring (bicyclic) bond motifs is 22. The lowest BCUT2D eigenvalue weighted by atomic mass is 9.81. The highest BCUT2D eigenvalue weighted by Crippen LogP contribution is 2.54. The van der Waals surface area contributed by atoms with Gasteiger partial charge in [-0.25, -0.2) is 0 Å². The fourth-order valence-corrected chi connectivity index (χ4v) is 20.0. The van der Waals surface area contributed by atoms with Crippen molar-refractivity contribution in [2.45, 2.75) is 19.3 Å². The number of rotatable bonds is 15. The van der Waals surface area contributed by atoms with Gasteiger partial charge >= 0.3 is 0 Å². The van der Waals surface area contributed by atoms with Gasteiger partial charge in [-0.3, -0.25) is 0 Å². The maximum atomic E-state index is 7.06. The van der Waals surface area contributed by atoms with E-state index in [1.807, 2.05) is 12.1 Å². The Hall–Kier alpha value is -16.7. The van der Waals surface area contributed by atoms with Gasteiger partial charge in [-0.1, -0.05) is 275 Å². The van der Waals surface area contributed by atoms with Crippen molar-refractivity contribution in [1.29, 1.82) is 0 Å². The van der Waals surface area contributed by atoms with Crippen LogP contribution in [0.1, 0.15) is 25.0 Å². The number of para-hydroxylation sites is 8. The largest absolute Gasteiger partial charge is 0.456 e. The summed E-state index contributed by atoms with van der Waals surface area (Å²) >= 11 is 0. The molecule has 0 N–H and O–H groups in total. The summed E-state index contributed by atoms with van der Waals surface area (Å²) in [6.45, 7) is 4.73. The minimum absolute atomic E-state index is 0.213. The number of hydrogen-bond donors (Lipinski definition) is 0. The van der Waals surface area contributed by atoms with Gasteiger partial charge in [0.1, 0.15) is 33.5 Å². The molecule has 7 heteroatoms. The predicted molar refractivity (Wildman–Crippen MR) is 537 cm³/mol. The van der Waals surface area contributed by atoms with E-state index in [0.29, 0.717) is 0 Å². The van der Waals surface area contributed by atoms with E-state index in [9.17, 15) is 0 Å². The summed E-state index contributed by atoms with van der Waals surface area (Å²) < 4.78 is 20.6. The second kappa shape index (κ2) is 30.9. The molecule has 0 amide bonds. The molecular weight excluding hydrogens is 1560 g/mol. The highest BCUT2D eigenvalue weighted by Gasteiger charge is 2.37. The first-order chi connectivity index (χ1) is 63.2. The molecule has 0 spiro atoms. The van der Waals surface area contributed by atoms with Gasteiger partial charge in [-0.2, -0.15) is 0 Å². The van der Waals surface area contributed by atoms with Crippen molar-refractivity contribution in [2.24, 2.45) is 0 Å². The number of furan rings is 3. The Labute approximate surface area is 741 Å². The zero-order valence-corrected chi connectivity index (χ0v) is 70.4. The molecule has 3 aromatic heterocycles. The van der Waals surface area contributed by atoms with Crippen LogP contribution in [0.4, 0.5) is 68.2 Å². The highest BCUT2D eigenvalue weighted by molar-refractivity contribution is 6.32. The van der Waals surface area contributed by atoms with Gasteiger partial charge in [0, 0.05) is 129 Å². The monoisotopic (exact) mass is 1640 g/mol. The van der Waals surface area contributed by atoms with Crippen LogP contribution in [0.5, 0.6) is 0 Å². The Bertz CT molecular complexity index is 8290. The molecule has 21 aromatic carbocycles. The highest BCUT2D eigenvalue weighted by atomic mass is 16.3. The van der Waals surface area contributed by atoms with Crippen molar-refractivity contribution in [1.82, 2.24) is 0 Å². The van der Waals surface area contributed by atoms with Crippen LogP contribution in [0.3, 0.4) is 0 Å². The lowest BCUT2D eigenvalue weighted by molar-refractivity contribution is 0.660. The van der Waals surface area contributed by atoms with Crippen molar-refractivity contribution in [3.63, 3.8) is 0 Å². The van der Waals surface area contributed by atoms with Crippen LogP contribution < -0.4 is 19.6 Å². The second-order valence-electron chi connectivity index (χ2n) is 33.8. The fraction of sp³-hybridized carbons (Fsp3) is 0.0248. The molecule has 128 heavy (non-hydrogen) atoms. The molecule has 0 fully saturated rings. The van der Waals surface area contributed by atoms with Crippen LogP contribution in [-0.2, 0) is 5.41 Å². The predicted octanol–water partition coefficient (Wildman–Crippen LogP) is 34.9. The van der Waals surface area contributed by atoms with Crippen molar-refractivity contribution in [3.8, 4) is 44.5 Å². The summed E-state index contributed by atoms with van der Waals surface area (Å²) in [4.78, 5) is 9.27. The van der Waals surface area contributed by atoms with E-state index < -0.39 is 0 Å². The molecule has 0 aliphatic heterocycles. The minimum Gasteiger partial charge on any atom is -0.456 e. The van der Waals surface area contributed by atoms with Gasteiger partial charge < -0.3 is 32.9 Å². The Morgan fingerprint density at radius 2 is 0.477 bits per heavy atom. The Balaban J connectivity index is 0.000000144. The van der Waals surface area contributed by atoms with Crippen molar-refractivity contribution >= 4 is 177 Å². The van der Waals surface area contributed by atoms with E-state index in [2.05, 4.69) is 482 Å². The van der Waals surface area contributed by atoms with Crippen LogP contribution in [0.2, 0.25) is 0 Å². The third-order valence-corrected chi connectivity index (χ3v) is 26.0. The maximum absolute atomic E-state index is 7.06. The Morgan fingerprint density at radius 1 is 0.172 bits per heavy atom. The Morgan fingerprint density at radius 3 is 0.961 bits per heavy atom. The van der Waals surface area contributed by atoms with Gasteiger partial charge in [-0.15, -0.1) is 0 Å². The molecule has 0 unspecified atom stereocenters. The zero-order chi connectivity index (χ0) is 84.9. The SMILES string of the molecule is CC1(C)c2cc(-c3ccc4c(c3)oc3c5ccc(N(c6ccccc6)c6ccccc6-c6ccccc6)cc5c5ccccc5c43)ccc2-c2ccc(N(c3ccccc3)c3ccccc3)cc21.c1ccc(N(c2ccccc2)c2ccc3c(c2)oc2cc(-c4ccc5c(c4)c4ccccc4c4c6ccc(N(c7ccccc7)c7ccccc7)cc6oc54)ccc23)cc1. The molecule has 3 heterocycles. The molecule has 1 aliphatic carbocycles. The molecule has 25 rings (SSSR count). The molecule has 0 bridgehead atoms. The van der Waals surface area contributed by atoms with E-state index in [1.54, 1.807) is 0 Å². The lowest BCUT2D eigenvalue weighted by Gasteiger charge is -2.28. The van der Waals surface area contributed by atoms with Crippen LogP contribution in [0.25, 0.3) is 153 Å². The molecule has 1 aliphatic rings. The van der Waals surface area contributed by atoms with Crippen LogP contribution >= 0.6 is 0 Å². The average Bonchev–Trinajstić information content (AvgIpc) is 1.55. The zero-order valence-electron chi connectivity index (χ0n) is 70.4. The summed E-state index contributed by atoms with van der Waals surface area (Å²) in [5.41, 5.74) is 30.3. The smallest absolute Gasteiger partial charge is 0.143 e. The van der Waals surface area contributed by atoms with E-state index in [4.69, 9.17) is 13.3 Å². The first-order valence-electron chi connectivity index (χ1n) is 43.8. The third kappa shape index (κ3) is 12.8. The van der Waals surface area contributed by atoms with Gasteiger partial charge in [-0.05, 0) is 270 Å². The second-order valence-corrected chi connectivity index (χ2v) is 33.8.